The molecule has 0 atom stereocenters. The molecule has 8 heteroatoms. The molecule has 2 rings (SSSR count). The zero-order valence-electron chi connectivity index (χ0n) is 11.0. The van der Waals surface area contributed by atoms with Crippen molar-refractivity contribution in [1.82, 2.24) is 0 Å². The summed E-state index contributed by atoms with van der Waals surface area (Å²) in [5, 5.41) is 0. The molecule has 1 fully saturated rings. The van der Waals surface area contributed by atoms with Crippen LogP contribution in [-0.2, 0) is 10.0 Å². The van der Waals surface area contributed by atoms with Gasteiger partial charge in [-0.2, -0.15) is 0 Å². The normalized spacial score (nSPS) is 15.9. The number of benzene rings is 1. The third-order valence-corrected chi connectivity index (χ3v) is 3.35. The molecule has 1 aromatic rings. The van der Waals surface area contributed by atoms with Crippen molar-refractivity contribution in [3.05, 3.63) is 29.8 Å². The second-order valence-corrected chi connectivity index (χ2v) is 6.35. The molecule has 0 aromatic heterocycles. The minimum atomic E-state index is -3.58. The Bertz CT molecular complexity index is 665. The van der Waals surface area contributed by atoms with Gasteiger partial charge in [0.15, 0.2) is 0 Å². The van der Waals surface area contributed by atoms with Gasteiger partial charge in [0.2, 0.25) is 11.9 Å². The van der Waals surface area contributed by atoms with Crippen LogP contribution in [0.5, 0.6) is 0 Å². The monoisotopic (exact) mass is 296 g/mol. The molecule has 0 spiro atoms. The molecule has 1 aliphatic rings. The summed E-state index contributed by atoms with van der Waals surface area (Å²) in [6.07, 6.45) is 2.76. The largest absolute Gasteiger partial charge is 0.369 e. The van der Waals surface area contributed by atoms with Crippen molar-refractivity contribution in [2.45, 2.75) is 18.9 Å². The van der Waals surface area contributed by atoms with Gasteiger partial charge < -0.3 is 16.4 Å². The van der Waals surface area contributed by atoms with Gasteiger partial charge in [-0.1, -0.05) is 6.07 Å². The first-order valence-corrected chi connectivity index (χ1v) is 7.87. The first-order valence-electron chi connectivity index (χ1n) is 6.02. The number of rotatable bonds is 4. The Morgan fingerprint density at radius 1 is 1.35 bits per heavy atom. The van der Waals surface area contributed by atoms with Crippen molar-refractivity contribution >= 4 is 27.6 Å². The van der Waals surface area contributed by atoms with Gasteiger partial charge in [0, 0.05) is 17.3 Å². The average Bonchev–Trinajstić information content (AvgIpc) is 3.11. The number of nitrogens with zero attached hydrogens (tertiary/aromatic N) is 2. The summed E-state index contributed by atoms with van der Waals surface area (Å²) in [5.74, 6) is -0.655. The first kappa shape index (κ1) is 14.3. The third kappa shape index (κ3) is 3.47. The van der Waals surface area contributed by atoms with Crippen LogP contribution in [0.15, 0.2) is 28.7 Å². The smallest absolute Gasteiger partial charge is 0.253 e. The summed E-state index contributed by atoms with van der Waals surface area (Å²) in [4.78, 5) is 12.8. The zero-order chi connectivity index (χ0) is 14.9. The van der Waals surface area contributed by atoms with Gasteiger partial charge in [0.1, 0.15) is 0 Å². The zero-order valence-corrected chi connectivity index (χ0v) is 11.8. The molecular weight excluding hydrogens is 280 g/mol. The minimum Gasteiger partial charge on any atom is -0.369 e. The topological polar surface area (TPSA) is 119 Å². The lowest BCUT2D eigenvalue weighted by Gasteiger charge is -2.23. The molecule has 0 saturated heterocycles. The number of sulfonamides is 1. The second-order valence-electron chi connectivity index (χ2n) is 4.70. The predicted octanol–water partition coefficient (Wildman–Crippen LogP) is 0.0286. The highest BCUT2D eigenvalue weighted by Gasteiger charge is 2.32. The van der Waals surface area contributed by atoms with Gasteiger partial charge in [-0.15, -0.1) is 4.40 Å². The Hall–Kier alpha value is -2.09. The van der Waals surface area contributed by atoms with E-state index in [2.05, 4.69) is 4.40 Å². The molecule has 0 radical (unpaired) electrons. The van der Waals surface area contributed by atoms with Crippen molar-refractivity contribution in [1.29, 1.82) is 0 Å². The lowest BCUT2D eigenvalue weighted by Crippen LogP contribution is -2.40. The van der Waals surface area contributed by atoms with E-state index in [1.165, 1.54) is 0 Å². The SMILES string of the molecule is CS(=O)(=O)N=C(N)N(c1cccc(C(N)=O)c1)C1CC1. The molecule has 20 heavy (non-hydrogen) atoms. The van der Waals surface area contributed by atoms with E-state index < -0.39 is 15.9 Å². The summed E-state index contributed by atoms with van der Waals surface area (Å²) in [5.41, 5.74) is 12.0. The number of carbonyl (C=O) groups is 1. The van der Waals surface area contributed by atoms with Crippen molar-refractivity contribution in [2.24, 2.45) is 15.9 Å². The highest BCUT2D eigenvalue weighted by Crippen LogP contribution is 2.31. The second kappa shape index (κ2) is 5.12. The lowest BCUT2D eigenvalue weighted by atomic mass is 10.2. The highest BCUT2D eigenvalue weighted by atomic mass is 32.2. The number of amides is 1. The van der Waals surface area contributed by atoms with Crippen LogP contribution in [0.4, 0.5) is 5.69 Å². The Balaban J connectivity index is 2.42. The Morgan fingerprint density at radius 3 is 2.50 bits per heavy atom. The van der Waals surface area contributed by atoms with Crippen LogP contribution in [0.3, 0.4) is 0 Å². The number of guanidine groups is 1. The quantitative estimate of drug-likeness (QED) is 0.600. The molecule has 0 heterocycles. The van der Waals surface area contributed by atoms with Crippen LogP contribution < -0.4 is 16.4 Å². The van der Waals surface area contributed by atoms with Gasteiger partial charge in [0.25, 0.3) is 10.0 Å². The maximum absolute atomic E-state index is 11.2. The van der Waals surface area contributed by atoms with Crippen molar-refractivity contribution in [2.75, 3.05) is 11.2 Å². The van der Waals surface area contributed by atoms with Crippen LogP contribution in [0, 0.1) is 0 Å². The van der Waals surface area contributed by atoms with E-state index in [0.29, 0.717) is 11.3 Å². The van der Waals surface area contributed by atoms with Gasteiger partial charge in [0.05, 0.1) is 6.26 Å². The minimum absolute atomic E-state index is 0.100. The summed E-state index contributed by atoms with van der Waals surface area (Å²) in [6, 6.07) is 6.66. The van der Waals surface area contributed by atoms with E-state index in [1.54, 1.807) is 29.2 Å². The molecule has 0 unspecified atom stereocenters. The molecule has 1 aliphatic carbocycles. The summed E-state index contributed by atoms with van der Waals surface area (Å²) >= 11 is 0. The molecule has 1 saturated carbocycles. The van der Waals surface area contributed by atoms with Crippen molar-refractivity contribution in [3.63, 3.8) is 0 Å². The van der Waals surface area contributed by atoms with E-state index >= 15 is 0 Å². The fraction of sp³-hybridized carbons (Fsp3) is 0.333. The molecule has 4 N–H and O–H groups in total. The van der Waals surface area contributed by atoms with Crippen molar-refractivity contribution in [3.8, 4) is 0 Å². The molecule has 7 nitrogen and oxygen atoms in total. The molecular formula is C12H16N4O3S. The van der Waals surface area contributed by atoms with Crippen LogP contribution in [0.1, 0.15) is 23.2 Å². The molecule has 108 valence electrons. The maximum Gasteiger partial charge on any atom is 0.253 e. The van der Waals surface area contributed by atoms with Crippen molar-refractivity contribution < 1.29 is 13.2 Å². The standard InChI is InChI=1S/C12H16N4O3S/c1-20(18,19)15-12(14)16(9-5-6-9)10-4-2-3-8(7-10)11(13)17/h2-4,7,9H,5-6H2,1H3,(H2,13,17)(H2,14,15). The number of nitrogens with two attached hydrogens (primary N) is 2. The summed E-state index contributed by atoms with van der Waals surface area (Å²) in [7, 11) is -3.58. The fourth-order valence-corrected chi connectivity index (χ4v) is 2.31. The average molecular weight is 296 g/mol. The summed E-state index contributed by atoms with van der Waals surface area (Å²) < 4.78 is 26.0. The maximum atomic E-state index is 11.2. The predicted molar refractivity (Wildman–Crippen MR) is 76.9 cm³/mol. The molecule has 0 aliphatic heterocycles. The fourth-order valence-electron chi connectivity index (χ4n) is 1.89. The highest BCUT2D eigenvalue weighted by molar-refractivity contribution is 7.89. The number of anilines is 1. The van der Waals surface area contributed by atoms with Gasteiger partial charge in [-0.3, -0.25) is 4.79 Å². The number of hydrogen-bond donors (Lipinski definition) is 2. The number of carbonyl (C=O) groups excluding carboxylic acids is 1. The van der Waals surface area contributed by atoms with E-state index in [9.17, 15) is 13.2 Å². The Kier molecular flexibility index (Phi) is 3.67. The molecule has 0 bridgehead atoms. The van der Waals surface area contributed by atoms with Crippen LogP contribution in [-0.4, -0.2) is 32.6 Å². The Labute approximate surface area is 117 Å². The molecule has 1 aromatic carbocycles. The first-order chi connectivity index (χ1) is 9.28. The summed E-state index contributed by atoms with van der Waals surface area (Å²) in [6.45, 7) is 0. The van der Waals surface area contributed by atoms with E-state index in [4.69, 9.17) is 11.5 Å². The van der Waals surface area contributed by atoms with Gasteiger partial charge in [-0.05, 0) is 31.0 Å². The molecule has 1 amide bonds. The number of primary amides is 1. The van der Waals surface area contributed by atoms with E-state index in [-0.39, 0.29) is 12.0 Å². The van der Waals surface area contributed by atoms with Crippen LogP contribution in [0.25, 0.3) is 0 Å². The lowest BCUT2D eigenvalue weighted by molar-refractivity contribution is 0.100. The Morgan fingerprint density at radius 2 is 2.00 bits per heavy atom. The van der Waals surface area contributed by atoms with E-state index in [0.717, 1.165) is 19.1 Å². The van der Waals surface area contributed by atoms with Crippen LogP contribution >= 0.6 is 0 Å². The van der Waals surface area contributed by atoms with Gasteiger partial charge >= 0.3 is 0 Å². The van der Waals surface area contributed by atoms with Crippen LogP contribution in [0.2, 0.25) is 0 Å². The van der Waals surface area contributed by atoms with E-state index in [1.807, 2.05) is 0 Å². The van der Waals surface area contributed by atoms with Gasteiger partial charge in [-0.25, -0.2) is 8.42 Å². The number of hydrogen-bond acceptors (Lipinski definition) is 3. The third-order valence-electron chi connectivity index (χ3n) is 2.83.